The molecule has 0 bridgehead atoms. The second-order valence-electron chi connectivity index (χ2n) is 5.70. The first-order chi connectivity index (χ1) is 12.7. The lowest BCUT2D eigenvalue weighted by Crippen LogP contribution is -2.36. The molecule has 0 aliphatic carbocycles. The predicted molar refractivity (Wildman–Crippen MR) is 102 cm³/mol. The minimum absolute atomic E-state index is 0.156. The van der Waals surface area contributed by atoms with E-state index in [1.807, 2.05) is 24.3 Å². The zero-order valence-corrected chi connectivity index (χ0v) is 15.0. The van der Waals surface area contributed by atoms with Crippen molar-refractivity contribution in [1.29, 1.82) is 0 Å². The number of nitrogens with one attached hydrogen (secondary N) is 1. The summed E-state index contributed by atoms with van der Waals surface area (Å²) in [5.74, 6) is 0.109. The average Bonchev–Trinajstić information content (AvgIpc) is 2.69. The number of benzene rings is 2. The lowest BCUT2D eigenvalue weighted by molar-refractivity contribution is -0.123. The third-order valence-corrected chi connectivity index (χ3v) is 4.18. The molecule has 0 spiro atoms. The monoisotopic (exact) mass is 373 g/mol. The number of carbonyl (C=O) groups is 1. The van der Waals surface area contributed by atoms with Crippen LogP contribution in [-0.2, 0) is 9.53 Å². The van der Waals surface area contributed by atoms with E-state index in [0.29, 0.717) is 10.8 Å². The number of hydrogen-bond acceptors (Lipinski definition) is 5. The van der Waals surface area contributed by atoms with Crippen LogP contribution in [0.4, 0.5) is 5.69 Å². The Bertz CT molecular complexity index is 759. The van der Waals surface area contributed by atoms with Gasteiger partial charge in [0.25, 0.3) is 5.91 Å². The molecule has 0 saturated carbocycles. The van der Waals surface area contributed by atoms with Gasteiger partial charge in [-0.15, -0.1) is 0 Å². The smallest absolute Gasteiger partial charge is 0.277 e. The molecule has 2 aromatic carbocycles. The predicted octanol–water partition coefficient (Wildman–Crippen LogP) is 2.71. The maximum absolute atomic E-state index is 11.8. The summed E-state index contributed by atoms with van der Waals surface area (Å²) in [5, 5.41) is 4.41. The second-order valence-corrected chi connectivity index (χ2v) is 6.11. The molecule has 26 heavy (non-hydrogen) atoms. The quantitative estimate of drug-likeness (QED) is 0.624. The number of para-hydroxylation sites is 1. The molecule has 3 rings (SSSR count). The molecule has 1 N–H and O–H groups in total. The Labute approximate surface area is 157 Å². The number of hydrazone groups is 1. The normalized spacial score (nSPS) is 14.4. The van der Waals surface area contributed by atoms with E-state index in [9.17, 15) is 4.79 Å². The van der Waals surface area contributed by atoms with Crippen molar-refractivity contribution >= 4 is 29.4 Å². The maximum atomic E-state index is 11.8. The molecular formula is C19H20ClN3O3. The lowest BCUT2D eigenvalue weighted by Gasteiger charge is -2.28. The van der Waals surface area contributed by atoms with Gasteiger partial charge in [-0.25, -0.2) is 5.43 Å². The van der Waals surface area contributed by atoms with Gasteiger partial charge in [0, 0.05) is 18.8 Å². The number of nitrogens with zero attached hydrogens (tertiary/aromatic N) is 2. The molecule has 1 fully saturated rings. The van der Waals surface area contributed by atoms with Gasteiger partial charge in [0.1, 0.15) is 5.75 Å². The molecule has 1 heterocycles. The minimum atomic E-state index is -0.355. The van der Waals surface area contributed by atoms with Crippen LogP contribution in [0, 0.1) is 0 Å². The topological polar surface area (TPSA) is 63.2 Å². The zero-order chi connectivity index (χ0) is 18.2. The van der Waals surface area contributed by atoms with Crippen LogP contribution in [0.25, 0.3) is 0 Å². The van der Waals surface area contributed by atoms with E-state index < -0.39 is 0 Å². The van der Waals surface area contributed by atoms with Gasteiger partial charge in [-0.2, -0.15) is 5.10 Å². The Morgan fingerprint density at radius 2 is 1.92 bits per heavy atom. The van der Waals surface area contributed by atoms with Gasteiger partial charge in [-0.3, -0.25) is 4.79 Å². The summed E-state index contributed by atoms with van der Waals surface area (Å²) in [7, 11) is 0. The first kappa shape index (κ1) is 18.2. The highest BCUT2D eigenvalue weighted by Crippen LogP contribution is 2.22. The van der Waals surface area contributed by atoms with Crippen molar-refractivity contribution in [2.24, 2.45) is 5.10 Å². The third-order valence-electron chi connectivity index (χ3n) is 3.87. The Kier molecular flexibility index (Phi) is 6.46. The molecule has 136 valence electrons. The molecule has 1 aliphatic rings. The number of amides is 1. The summed E-state index contributed by atoms with van der Waals surface area (Å²) in [6.45, 7) is 3.15. The number of morpholine rings is 1. The van der Waals surface area contributed by atoms with Gasteiger partial charge in [-0.05, 0) is 29.8 Å². The van der Waals surface area contributed by atoms with Crippen molar-refractivity contribution < 1.29 is 14.3 Å². The van der Waals surface area contributed by atoms with Crippen LogP contribution < -0.4 is 15.1 Å². The lowest BCUT2D eigenvalue weighted by atomic mass is 10.2. The van der Waals surface area contributed by atoms with Crippen molar-refractivity contribution in [3.8, 4) is 5.75 Å². The molecular weight excluding hydrogens is 354 g/mol. The van der Waals surface area contributed by atoms with Crippen LogP contribution in [0.3, 0.4) is 0 Å². The Morgan fingerprint density at radius 3 is 2.65 bits per heavy atom. The highest BCUT2D eigenvalue weighted by atomic mass is 35.5. The highest BCUT2D eigenvalue weighted by molar-refractivity contribution is 6.32. The van der Waals surface area contributed by atoms with Gasteiger partial charge in [0.2, 0.25) is 0 Å². The van der Waals surface area contributed by atoms with Crippen LogP contribution in [-0.4, -0.2) is 45.0 Å². The number of rotatable bonds is 6. The van der Waals surface area contributed by atoms with E-state index in [2.05, 4.69) is 15.4 Å². The number of halogens is 1. The van der Waals surface area contributed by atoms with E-state index in [4.69, 9.17) is 21.1 Å². The van der Waals surface area contributed by atoms with Crippen LogP contribution >= 0.6 is 11.6 Å². The summed E-state index contributed by atoms with van der Waals surface area (Å²) in [4.78, 5) is 14.0. The maximum Gasteiger partial charge on any atom is 0.277 e. The van der Waals surface area contributed by atoms with Crippen LogP contribution in [0.15, 0.2) is 53.6 Å². The minimum Gasteiger partial charge on any atom is -0.482 e. The van der Waals surface area contributed by atoms with Crippen LogP contribution in [0.2, 0.25) is 5.02 Å². The van der Waals surface area contributed by atoms with Crippen molar-refractivity contribution in [2.45, 2.75) is 0 Å². The molecule has 1 saturated heterocycles. The Morgan fingerprint density at radius 1 is 1.19 bits per heavy atom. The van der Waals surface area contributed by atoms with E-state index in [-0.39, 0.29) is 12.5 Å². The SMILES string of the molecule is O=C(COc1ccccc1Cl)N/N=C\c1ccc(N2CCOCC2)cc1. The number of carbonyl (C=O) groups excluding carboxylic acids is 1. The van der Waals surface area contributed by atoms with Crippen LogP contribution in [0.5, 0.6) is 5.75 Å². The molecule has 0 radical (unpaired) electrons. The summed E-state index contributed by atoms with van der Waals surface area (Å²) >= 11 is 5.96. The standard InChI is InChI=1S/C19H20ClN3O3/c20-17-3-1-2-4-18(17)26-14-19(24)22-21-13-15-5-7-16(8-6-15)23-9-11-25-12-10-23/h1-8,13H,9-12,14H2,(H,22,24)/b21-13-. The Balaban J connectivity index is 1.45. The summed E-state index contributed by atoms with van der Waals surface area (Å²) in [6, 6.07) is 15.0. The molecule has 2 aromatic rings. The van der Waals surface area contributed by atoms with Crippen molar-refractivity contribution in [3.63, 3.8) is 0 Å². The van der Waals surface area contributed by atoms with Crippen molar-refractivity contribution in [3.05, 3.63) is 59.1 Å². The van der Waals surface area contributed by atoms with E-state index >= 15 is 0 Å². The fourth-order valence-electron chi connectivity index (χ4n) is 2.51. The highest BCUT2D eigenvalue weighted by Gasteiger charge is 2.10. The fourth-order valence-corrected chi connectivity index (χ4v) is 2.70. The first-order valence-corrected chi connectivity index (χ1v) is 8.72. The molecule has 7 heteroatoms. The number of hydrogen-bond donors (Lipinski definition) is 1. The van der Waals surface area contributed by atoms with Gasteiger partial charge >= 0.3 is 0 Å². The number of ether oxygens (including phenoxy) is 2. The molecule has 1 amide bonds. The van der Waals surface area contributed by atoms with E-state index in [1.54, 1.807) is 30.5 Å². The first-order valence-electron chi connectivity index (χ1n) is 8.34. The summed E-state index contributed by atoms with van der Waals surface area (Å²) < 4.78 is 10.7. The van der Waals surface area contributed by atoms with E-state index in [0.717, 1.165) is 37.6 Å². The third kappa shape index (κ3) is 5.21. The summed E-state index contributed by atoms with van der Waals surface area (Å²) in [6.07, 6.45) is 1.59. The molecule has 6 nitrogen and oxygen atoms in total. The van der Waals surface area contributed by atoms with Gasteiger partial charge < -0.3 is 14.4 Å². The fraction of sp³-hybridized carbons (Fsp3) is 0.263. The van der Waals surface area contributed by atoms with Gasteiger partial charge in [0.05, 0.1) is 24.5 Å². The van der Waals surface area contributed by atoms with Crippen molar-refractivity contribution in [1.82, 2.24) is 5.43 Å². The molecule has 0 atom stereocenters. The Hall–Kier alpha value is -2.57. The van der Waals surface area contributed by atoms with Crippen molar-refractivity contribution in [2.75, 3.05) is 37.8 Å². The van der Waals surface area contributed by atoms with Crippen LogP contribution in [0.1, 0.15) is 5.56 Å². The van der Waals surface area contributed by atoms with E-state index in [1.165, 1.54) is 0 Å². The van der Waals surface area contributed by atoms with Gasteiger partial charge in [0.15, 0.2) is 6.61 Å². The molecule has 0 aromatic heterocycles. The number of anilines is 1. The zero-order valence-electron chi connectivity index (χ0n) is 14.2. The molecule has 0 unspecified atom stereocenters. The summed E-state index contributed by atoms with van der Waals surface area (Å²) in [5.41, 5.74) is 4.49. The van der Waals surface area contributed by atoms with Gasteiger partial charge in [-0.1, -0.05) is 35.9 Å². The molecule has 1 aliphatic heterocycles. The average molecular weight is 374 g/mol. The second kappa shape index (κ2) is 9.22. The largest absolute Gasteiger partial charge is 0.482 e.